The lowest BCUT2D eigenvalue weighted by molar-refractivity contribution is 0.173. The maximum Gasteiger partial charge on any atom is 0.0787 e. The third kappa shape index (κ3) is 3.72. The van der Waals surface area contributed by atoms with E-state index < -0.39 is 0 Å². The van der Waals surface area contributed by atoms with Gasteiger partial charge in [0, 0.05) is 25.9 Å². The average molecular weight is 237 g/mol. The van der Waals surface area contributed by atoms with Gasteiger partial charge >= 0.3 is 0 Å². The molecule has 0 aromatic heterocycles. The molecule has 0 saturated heterocycles. The summed E-state index contributed by atoms with van der Waals surface area (Å²) in [4.78, 5) is 2.17. The van der Waals surface area contributed by atoms with Gasteiger partial charge in [-0.25, -0.2) is 0 Å². The fourth-order valence-corrected chi connectivity index (χ4v) is 1.77. The van der Waals surface area contributed by atoms with Gasteiger partial charge in [0.15, 0.2) is 0 Å². The van der Waals surface area contributed by atoms with Crippen molar-refractivity contribution < 1.29 is 9.84 Å². The molecule has 0 heterocycles. The fourth-order valence-electron chi connectivity index (χ4n) is 1.77. The third-order valence-electron chi connectivity index (χ3n) is 3.14. The van der Waals surface area contributed by atoms with Crippen LogP contribution in [0.1, 0.15) is 31.9 Å². The molecule has 0 aliphatic carbocycles. The van der Waals surface area contributed by atoms with Crippen LogP contribution in [-0.2, 0) is 4.74 Å². The van der Waals surface area contributed by atoms with Gasteiger partial charge in [-0.1, -0.05) is 19.1 Å². The molecule has 0 saturated carbocycles. The molecule has 0 spiro atoms. The maximum absolute atomic E-state index is 9.72. The molecule has 3 heteroatoms. The number of aliphatic hydroxyl groups excluding tert-OH is 1. The van der Waals surface area contributed by atoms with E-state index in [1.807, 2.05) is 31.2 Å². The standard InChI is InChI=1S/C14H23NO2/c1-5-14(16)12-6-8-13(9-7-12)15(3)11(2)10-17-4/h6-9,11,14,16H,5,10H2,1-4H3/t11?,14-/m0/s1. The third-order valence-corrected chi connectivity index (χ3v) is 3.14. The van der Waals surface area contributed by atoms with Crippen LogP contribution in [0.25, 0.3) is 0 Å². The lowest BCUT2D eigenvalue weighted by atomic mass is 10.1. The molecular formula is C14H23NO2. The minimum Gasteiger partial charge on any atom is -0.388 e. The first-order valence-corrected chi connectivity index (χ1v) is 6.10. The molecule has 1 N–H and O–H groups in total. The van der Waals surface area contributed by atoms with Crippen LogP contribution in [0.4, 0.5) is 5.69 Å². The molecule has 0 aliphatic heterocycles. The van der Waals surface area contributed by atoms with E-state index in [1.54, 1.807) is 7.11 Å². The Hall–Kier alpha value is -1.06. The smallest absolute Gasteiger partial charge is 0.0787 e. The molecule has 0 fully saturated rings. The lowest BCUT2D eigenvalue weighted by Gasteiger charge is -2.26. The second-order valence-corrected chi connectivity index (χ2v) is 4.43. The summed E-state index contributed by atoms with van der Waals surface area (Å²) in [5.74, 6) is 0. The van der Waals surface area contributed by atoms with Crippen molar-refractivity contribution in [3.63, 3.8) is 0 Å². The molecule has 0 radical (unpaired) electrons. The van der Waals surface area contributed by atoms with Crippen LogP contribution in [0.5, 0.6) is 0 Å². The Morgan fingerprint density at radius 1 is 1.29 bits per heavy atom. The van der Waals surface area contributed by atoms with Gasteiger partial charge in [-0.3, -0.25) is 0 Å². The first-order chi connectivity index (χ1) is 8.10. The van der Waals surface area contributed by atoms with Gasteiger partial charge in [-0.15, -0.1) is 0 Å². The summed E-state index contributed by atoms with van der Waals surface area (Å²) >= 11 is 0. The second-order valence-electron chi connectivity index (χ2n) is 4.43. The predicted molar refractivity (Wildman–Crippen MR) is 71.4 cm³/mol. The Labute approximate surface area is 104 Å². The van der Waals surface area contributed by atoms with Gasteiger partial charge in [0.05, 0.1) is 12.7 Å². The number of ether oxygens (including phenoxy) is 1. The summed E-state index contributed by atoms with van der Waals surface area (Å²) in [5, 5.41) is 9.72. The van der Waals surface area contributed by atoms with Gasteiger partial charge in [0.1, 0.15) is 0 Å². The van der Waals surface area contributed by atoms with E-state index in [-0.39, 0.29) is 6.10 Å². The normalized spacial score (nSPS) is 14.4. The number of rotatable bonds is 6. The molecule has 2 atom stereocenters. The Kier molecular flexibility index (Phi) is 5.45. The molecule has 1 unspecified atom stereocenters. The van der Waals surface area contributed by atoms with Gasteiger partial charge in [-0.05, 0) is 31.0 Å². The Bertz CT molecular complexity index is 323. The van der Waals surface area contributed by atoms with Crippen LogP contribution < -0.4 is 4.90 Å². The monoisotopic (exact) mass is 237 g/mol. The topological polar surface area (TPSA) is 32.7 Å². The number of hydrogen-bond donors (Lipinski definition) is 1. The molecule has 3 nitrogen and oxygen atoms in total. The second kappa shape index (κ2) is 6.62. The number of nitrogens with zero attached hydrogens (tertiary/aromatic N) is 1. The highest BCUT2D eigenvalue weighted by Crippen LogP contribution is 2.21. The molecular weight excluding hydrogens is 214 g/mol. The lowest BCUT2D eigenvalue weighted by Crippen LogP contribution is -2.32. The number of likely N-dealkylation sites (N-methyl/N-ethyl adjacent to an activating group) is 1. The Balaban J connectivity index is 2.73. The van der Waals surface area contributed by atoms with Crippen molar-refractivity contribution in [1.29, 1.82) is 0 Å². The average Bonchev–Trinajstić information content (AvgIpc) is 2.37. The van der Waals surface area contributed by atoms with E-state index in [2.05, 4.69) is 18.9 Å². The predicted octanol–water partition coefficient (Wildman–Crippen LogP) is 2.60. The number of anilines is 1. The minimum absolute atomic E-state index is 0.335. The summed E-state index contributed by atoms with van der Waals surface area (Å²) < 4.78 is 5.14. The van der Waals surface area contributed by atoms with Gasteiger partial charge in [0.25, 0.3) is 0 Å². The van der Waals surface area contributed by atoms with Crippen molar-refractivity contribution in [2.75, 3.05) is 25.7 Å². The molecule has 17 heavy (non-hydrogen) atoms. The first kappa shape index (κ1) is 14.0. The van der Waals surface area contributed by atoms with Crippen LogP contribution in [0, 0.1) is 0 Å². The summed E-state index contributed by atoms with van der Waals surface area (Å²) in [6.45, 7) is 4.81. The Morgan fingerprint density at radius 3 is 2.35 bits per heavy atom. The van der Waals surface area contributed by atoms with E-state index in [0.717, 1.165) is 17.7 Å². The number of benzene rings is 1. The Morgan fingerprint density at radius 2 is 1.88 bits per heavy atom. The van der Waals surface area contributed by atoms with E-state index >= 15 is 0 Å². The molecule has 1 aromatic carbocycles. The van der Waals surface area contributed by atoms with Gasteiger partial charge < -0.3 is 14.7 Å². The van der Waals surface area contributed by atoms with Crippen molar-refractivity contribution in [3.05, 3.63) is 29.8 Å². The van der Waals surface area contributed by atoms with Crippen LogP contribution in [-0.4, -0.2) is 31.9 Å². The minimum atomic E-state index is -0.356. The zero-order valence-corrected chi connectivity index (χ0v) is 11.2. The number of aliphatic hydroxyl groups is 1. The first-order valence-electron chi connectivity index (χ1n) is 6.10. The van der Waals surface area contributed by atoms with Crippen molar-refractivity contribution in [3.8, 4) is 0 Å². The summed E-state index contributed by atoms with van der Waals surface area (Å²) in [6, 6.07) is 8.39. The number of hydrogen-bond acceptors (Lipinski definition) is 3. The largest absolute Gasteiger partial charge is 0.388 e. The van der Waals surface area contributed by atoms with E-state index in [4.69, 9.17) is 4.74 Å². The summed E-state index contributed by atoms with van der Waals surface area (Å²) in [6.07, 6.45) is 0.390. The number of methoxy groups -OCH3 is 1. The molecule has 0 aliphatic rings. The van der Waals surface area contributed by atoms with Crippen molar-refractivity contribution in [2.24, 2.45) is 0 Å². The summed E-state index contributed by atoms with van der Waals surface area (Å²) in [5.41, 5.74) is 2.12. The highest BCUT2D eigenvalue weighted by Gasteiger charge is 2.10. The summed E-state index contributed by atoms with van der Waals surface area (Å²) in [7, 11) is 3.76. The molecule has 1 aromatic rings. The van der Waals surface area contributed by atoms with E-state index in [0.29, 0.717) is 12.6 Å². The SMILES string of the molecule is CC[C@H](O)c1ccc(N(C)C(C)COC)cc1. The maximum atomic E-state index is 9.72. The van der Waals surface area contributed by atoms with Crippen LogP contribution in [0.2, 0.25) is 0 Å². The zero-order valence-electron chi connectivity index (χ0n) is 11.2. The van der Waals surface area contributed by atoms with Crippen LogP contribution in [0.15, 0.2) is 24.3 Å². The van der Waals surface area contributed by atoms with Crippen molar-refractivity contribution in [2.45, 2.75) is 32.4 Å². The highest BCUT2D eigenvalue weighted by atomic mass is 16.5. The van der Waals surface area contributed by atoms with Crippen molar-refractivity contribution >= 4 is 5.69 Å². The molecule has 0 amide bonds. The quantitative estimate of drug-likeness (QED) is 0.825. The van der Waals surface area contributed by atoms with E-state index in [9.17, 15) is 5.11 Å². The van der Waals surface area contributed by atoms with Gasteiger partial charge in [-0.2, -0.15) is 0 Å². The highest BCUT2D eigenvalue weighted by molar-refractivity contribution is 5.48. The van der Waals surface area contributed by atoms with Crippen LogP contribution in [0.3, 0.4) is 0 Å². The zero-order chi connectivity index (χ0) is 12.8. The molecule has 96 valence electrons. The van der Waals surface area contributed by atoms with Crippen LogP contribution >= 0.6 is 0 Å². The van der Waals surface area contributed by atoms with Gasteiger partial charge in [0.2, 0.25) is 0 Å². The molecule has 1 rings (SSSR count). The van der Waals surface area contributed by atoms with Crippen molar-refractivity contribution in [1.82, 2.24) is 0 Å². The fraction of sp³-hybridized carbons (Fsp3) is 0.571. The van der Waals surface area contributed by atoms with E-state index in [1.165, 1.54) is 0 Å². The molecule has 0 bridgehead atoms.